The quantitative estimate of drug-likeness (QED) is 0.446. The molecule has 1 aromatic heterocycles. The van der Waals surface area contributed by atoms with Crippen molar-refractivity contribution < 1.29 is 9.53 Å². The average Bonchev–Trinajstić information content (AvgIpc) is 2.93. The number of ether oxygens (including phenoxy) is 1. The molecule has 0 aliphatic heterocycles. The smallest absolute Gasteiger partial charge is 0.359 e. The number of hydrogen-bond donors (Lipinski definition) is 0. The summed E-state index contributed by atoms with van der Waals surface area (Å²) in [6.07, 6.45) is 0. The average molecular weight is 432 g/mol. The summed E-state index contributed by atoms with van der Waals surface area (Å²) in [6, 6.07) is 17.9. The Hall–Kier alpha value is -2.15. The van der Waals surface area contributed by atoms with E-state index in [2.05, 4.69) is 27.7 Å². The Labute approximate surface area is 154 Å². The van der Waals surface area contributed by atoms with Crippen LogP contribution in [0.25, 0.3) is 16.9 Å². The van der Waals surface area contributed by atoms with Gasteiger partial charge < -0.3 is 4.74 Å². The fourth-order valence-corrected chi connectivity index (χ4v) is 3.24. The predicted octanol–water partition coefficient (Wildman–Crippen LogP) is 4.63. The molecule has 0 saturated heterocycles. The molecule has 122 valence electrons. The van der Waals surface area contributed by atoms with Crippen molar-refractivity contribution in [3.8, 4) is 16.9 Å². The van der Waals surface area contributed by atoms with Crippen LogP contribution in [0.4, 0.5) is 0 Å². The molecule has 0 spiro atoms. The van der Waals surface area contributed by atoms with Crippen LogP contribution in [0.3, 0.4) is 0 Å². The highest BCUT2D eigenvalue weighted by Crippen LogP contribution is 2.30. The third-order valence-electron chi connectivity index (χ3n) is 3.72. The van der Waals surface area contributed by atoms with E-state index in [0.717, 1.165) is 26.1 Å². The van der Waals surface area contributed by atoms with Gasteiger partial charge in [0.05, 0.1) is 18.0 Å². The van der Waals surface area contributed by atoms with Gasteiger partial charge in [-0.1, -0.05) is 42.5 Å². The number of hydrogen-bond acceptors (Lipinski definition) is 3. The molecule has 0 N–H and O–H groups in total. The van der Waals surface area contributed by atoms with Crippen molar-refractivity contribution in [1.82, 2.24) is 9.78 Å². The van der Waals surface area contributed by atoms with Gasteiger partial charge in [-0.3, -0.25) is 0 Å². The Kier molecular flexibility index (Phi) is 4.99. The largest absolute Gasteiger partial charge is 0.461 e. The Bertz CT molecular complexity index is 872. The number of para-hydroxylation sites is 1. The summed E-state index contributed by atoms with van der Waals surface area (Å²) in [5.41, 5.74) is 4.03. The number of nitrogens with zero attached hydrogens (tertiary/aromatic N) is 2. The summed E-state index contributed by atoms with van der Waals surface area (Å²) in [4.78, 5) is 12.3. The maximum atomic E-state index is 12.3. The van der Waals surface area contributed by atoms with Gasteiger partial charge >= 0.3 is 5.97 Å². The lowest BCUT2D eigenvalue weighted by Gasteiger charge is -2.10. The maximum Gasteiger partial charge on any atom is 0.359 e. The topological polar surface area (TPSA) is 44.1 Å². The van der Waals surface area contributed by atoms with E-state index in [4.69, 9.17) is 4.74 Å². The van der Waals surface area contributed by atoms with Gasteiger partial charge in [0.2, 0.25) is 0 Å². The van der Waals surface area contributed by atoms with Crippen LogP contribution in [-0.2, 0) is 4.74 Å². The van der Waals surface area contributed by atoms with Crippen LogP contribution >= 0.6 is 22.6 Å². The number of carbonyl (C=O) groups is 1. The summed E-state index contributed by atoms with van der Waals surface area (Å²) in [6.45, 7) is 4.03. The molecule has 0 bridgehead atoms. The van der Waals surface area contributed by atoms with Gasteiger partial charge in [-0.25, -0.2) is 9.48 Å². The minimum absolute atomic E-state index is 0.328. The molecule has 0 aliphatic rings. The molecule has 2 aromatic carbocycles. The van der Waals surface area contributed by atoms with Gasteiger partial charge in [0.25, 0.3) is 0 Å². The third kappa shape index (κ3) is 3.08. The van der Waals surface area contributed by atoms with Gasteiger partial charge in [0.15, 0.2) is 5.69 Å². The van der Waals surface area contributed by atoms with E-state index in [9.17, 15) is 4.79 Å². The Morgan fingerprint density at radius 1 is 1.12 bits per heavy atom. The molecule has 0 unspecified atom stereocenters. The minimum Gasteiger partial charge on any atom is -0.461 e. The summed E-state index contributed by atoms with van der Waals surface area (Å²) >= 11 is 2.28. The van der Waals surface area contributed by atoms with Crippen molar-refractivity contribution >= 4 is 28.6 Å². The first-order chi connectivity index (χ1) is 11.6. The molecule has 24 heavy (non-hydrogen) atoms. The summed E-state index contributed by atoms with van der Waals surface area (Å²) in [7, 11) is 0. The Morgan fingerprint density at radius 2 is 1.79 bits per heavy atom. The first-order valence-electron chi connectivity index (χ1n) is 7.70. The van der Waals surface area contributed by atoms with E-state index >= 15 is 0 Å². The molecule has 0 atom stereocenters. The van der Waals surface area contributed by atoms with Crippen molar-refractivity contribution in [3.05, 3.63) is 69.4 Å². The van der Waals surface area contributed by atoms with Gasteiger partial charge in [-0.05, 0) is 48.6 Å². The lowest BCUT2D eigenvalue weighted by Crippen LogP contribution is -2.08. The molecule has 3 aromatic rings. The highest BCUT2D eigenvalue weighted by molar-refractivity contribution is 14.1. The van der Waals surface area contributed by atoms with Crippen LogP contribution < -0.4 is 0 Å². The van der Waals surface area contributed by atoms with E-state index < -0.39 is 5.97 Å². The van der Waals surface area contributed by atoms with Crippen LogP contribution in [-0.4, -0.2) is 22.4 Å². The lowest BCUT2D eigenvalue weighted by atomic mass is 10.1. The van der Waals surface area contributed by atoms with E-state index in [-0.39, 0.29) is 0 Å². The highest BCUT2D eigenvalue weighted by atomic mass is 127. The zero-order valence-corrected chi connectivity index (χ0v) is 15.6. The van der Waals surface area contributed by atoms with Gasteiger partial charge in [0.1, 0.15) is 0 Å². The van der Waals surface area contributed by atoms with E-state index in [1.54, 1.807) is 6.92 Å². The molecule has 1 heterocycles. The first kappa shape index (κ1) is 16.7. The normalized spacial score (nSPS) is 10.6. The van der Waals surface area contributed by atoms with Crippen molar-refractivity contribution in [2.24, 2.45) is 0 Å². The molecular formula is C19H17IN2O2. The van der Waals surface area contributed by atoms with Crippen LogP contribution in [0.5, 0.6) is 0 Å². The molecule has 5 heteroatoms. The lowest BCUT2D eigenvalue weighted by molar-refractivity contribution is 0.0518. The molecule has 0 radical (unpaired) electrons. The molecule has 0 saturated carbocycles. The molecule has 3 rings (SSSR count). The van der Waals surface area contributed by atoms with Crippen molar-refractivity contribution in [2.45, 2.75) is 13.8 Å². The maximum absolute atomic E-state index is 12.3. The zero-order chi connectivity index (χ0) is 17.1. The number of carbonyl (C=O) groups excluding carboxylic acids is 1. The van der Waals surface area contributed by atoms with Crippen LogP contribution in [0.15, 0.2) is 54.6 Å². The fraction of sp³-hybridized carbons (Fsp3) is 0.158. The summed E-state index contributed by atoms with van der Waals surface area (Å²) < 4.78 is 8.05. The summed E-state index contributed by atoms with van der Waals surface area (Å²) in [5.74, 6) is -0.392. The van der Waals surface area contributed by atoms with Crippen molar-refractivity contribution in [1.29, 1.82) is 0 Å². The van der Waals surface area contributed by atoms with Crippen LogP contribution in [0.1, 0.15) is 23.0 Å². The summed E-state index contributed by atoms with van der Waals surface area (Å²) in [5, 5.41) is 4.57. The number of aromatic nitrogens is 2. The van der Waals surface area contributed by atoms with Gasteiger partial charge in [-0.15, -0.1) is 0 Å². The molecule has 4 nitrogen and oxygen atoms in total. The van der Waals surface area contributed by atoms with E-state index in [0.29, 0.717) is 12.3 Å². The molecule has 0 aliphatic carbocycles. The monoisotopic (exact) mass is 432 g/mol. The minimum atomic E-state index is -0.392. The third-order valence-corrected chi connectivity index (χ3v) is 4.63. The van der Waals surface area contributed by atoms with E-state index in [1.165, 1.54) is 0 Å². The predicted molar refractivity (Wildman–Crippen MR) is 102 cm³/mol. The molecule has 0 amide bonds. The number of benzene rings is 2. The van der Waals surface area contributed by atoms with Crippen LogP contribution in [0.2, 0.25) is 0 Å². The van der Waals surface area contributed by atoms with Crippen molar-refractivity contribution in [3.63, 3.8) is 0 Å². The fourth-order valence-electron chi connectivity index (χ4n) is 2.62. The standard InChI is InChI=1S/C19H17IN2O2/c1-3-24-19(23)17-13(2)18(14-9-5-4-6-10-14)22(21-17)16-12-8-7-11-15(16)20/h4-12H,3H2,1-2H3. The second kappa shape index (κ2) is 7.17. The Morgan fingerprint density at radius 3 is 2.46 bits per heavy atom. The molecular weight excluding hydrogens is 415 g/mol. The van der Waals surface area contributed by atoms with E-state index in [1.807, 2.05) is 66.2 Å². The second-order valence-electron chi connectivity index (χ2n) is 5.27. The van der Waals surface area contributed by atoms with Gasteiger partial charge in [-0.2, -0.15) is 5.10 Å². The number of halogens is 1. The zero-order valence-electron chi connectivity index (χ0n) is 13.5. The first-order valence-corrected chi connectivity index (χ1v) is 8.78. The molecule has 0 fully saturated rings. The van der Waals surface area contributed by atoms with Crippen LogP contribution in [0, 0.1) is 10.5 Å². The highest BCUT2D eigenvalue weighted by Gasteiger charge is 2.23. The number of rotatable bonds is 4. The second-order valence-corrected chi connectivity index (χ2v) is 6.43. The number of esters is 1. The van der Waals surface area contributed by atoms with Gasteiger partial charge in [0, 0.05) is 14.7 Å². The van der Waals surface area contributed by atoms with Crippen molar-refractivity contribution in [2.75, 3.05) is 6.61 Å². The Balaban J connectivity index is 2.26. The SMILES string of the molecule is CCOC(=O)c1nn(-c2ccccc2I)c(-c2ccccc2)c1C.